The number of nitrogens with zero attached hydrogens (tertiary/aromatic N) is 1. The molecule has 0 atom stereocenters. The van der Waals surface area contributed by atoms with Crippen LogP contribution in [0.2, 0.25) is 0 Å². The minimum atomic E-state index is -4.54. The molecule has 2 aromatic rings. The number of carbonyl (C=O) groups is 1. The van der Waals surface area contributed by atoms with Crippen molar-refractivity contribution >= 4 is 17.5 Å². The second kappa shape index (κ2) is 7.79. The summed E-state index contributed by atoms with van der Waals surface area (Å²) < 4.78 is 46.5. The van der Waals surface area contributed by atoms with Crippen LogP contribution in [0.15, 0.2) is 21.8 Å². The molecule has 1 fully saturated rings. The number of thioether (sulfide) groups is 1. The van der Waals surface area contributed by atoms with Gasteiger partial charge in [0.1, 0.15) is 5.56 Å². The predicted molar refractivity (Wildman–Crippen MR) is 100 cm³/mol. The molecule has 1 aromatic heterocycles. The fourth-order valence-corrected chi connectivity index (χ4v) is 4.29. The van der Waals surface area contributed by atoms with E-state index in [4.69, 9.17) is 4.74 Å². The third-order valence-electron chi connectivity index (χ3n) is 4.78. The van der Waals surface area contributed by atoms with E-state index in [0.717, 1.165) is 30.7 Å². The molecule has 0 radical (unpaired) electrons. The first kappa shape index (κ1) is 20.7. The average molecular weight is 414 g/mol. The maximum Gasteiger partial charge on any atom is 0.417 e. The van der Waals surface area contributed by atoms with Crippen LogP contribution in [0, 0.1) is 6.92 Å². The SMILES string of the molecule is COCCSc1c(C(F)(F)F)ccc(C(=O)c2c(C3CC3)[nH]n(C)c2=O)c1C. The van der Waals surface area contributed by atoms with Crippen LogP contribution in [0.25, 0.3) is 0 Å². The van der Waals surface area contributed by atoms with Crippen molar-refractivity contribution in [1.29, 1.82) is 0 Å². The summed E-state index contributed by atoms with van der Waals surface area (Å²) in [5.74, 6) is -0.0983. The molecule has 1 aromatic carbocycles. The number of carbonyl (C=O) groups excluding carboxylic acids is 1. The number of methoxy groups -OCH3 is 1. The lowest BCUT2D eigenvalue weighted by Gasteiger charge is -2.17. The maximum atomic E-state index is 13.5. The highest BCUT2D eigenvalue weighted by atomic mass is 32.2. The molecular formula is C19H21F3N2O3S. The van der Waals surface area contributed by atoms with Crippen LogP contribution in [0.5, 0.6) is 0 Å². The Kier molecular flexibility index (Phi) is 5.77. The Morgan fingerprint density at radius 3 is 2.61 bits per heavy atom. The number of hydrogen-bond acceptors (Lipinski definition) is 4. The number of ketones is 1. The molecule has 0 saturated heterocycles. The van der Waals surface area contributed by atoms with Crippen molar-refractivity contribution in [3.05, 3.63) is 50.4 Å². The molecule has 152 valence electrons. The van der Waals surface area contributed by atoms with Gasteiger partial charge in [0.05, 0.1) is 17.9 Å². The van der Waals surface area contributed by atoms with Crippen molar-refractivity contribution in [1.82, 2.24) is 9.78 Å². The van der Waals surface area contributed by atoms with Gasteiger partial charge in [-0.15, -0.1) is 11.8 Å². The van der Waals surface area contributed by atoms with Gasteiger partial charge in [-0.3, -0.25) is 19.4 Å². The highest BCUT2D eigenvalue weighted by Crippen LogP contribution is 2.42. The quantitative estimate of drug-likeness (QED) is 0.424. The summed E-state index contributed by atoms with van der Waals surface area (Å²) in [6.07, 6.45) is -2.78. The summed E-state index contributed by atoms with van der Waals surface area (Å²) in [6, 6.07) is 2.09. The number of aromatic amines is 1. The van der Waals surface area contributed by atoms with Crippen LogP contribution in [-0.4, -0.2) is 35.0 Å². The fourth-order valence-electron chi connectivity index (χ4n) is 3.17. The van der Waals surface area contributed by atoms with Gasteiger partial charge in [0.15, 0.2) is 0 Å². The van der Waals surface area contributed by atoms with Crippen LogP contribution in [0.3, 0.4) is 0 Å². The zero-order chi connectivity index (χ0) is 20.6. The second-order valence-corrected chi connectivity index (χ2v) is 7.93. The summed E-state index contributed by atoms with van der Waals surface area (Å²) in [6.45, 7) is 1.77. The summed E-state index contributed by atoms with van der Waals surface area (Å²) in [4.78, 5) is 25.6. The molecule has 5 nitrogen and oxygen atoms in total. The number of aromatic nitrogens is 2. The topological polar surface area (TPSA) is 64.1 Å². The van der Waals surface area contributed by atoms with Gasteiger partial charge in [-0.2, -0.15) is 13.2 Å². The van der Waals surface area contributed by atoms with E-state index in [1.165, 1.54) is 31.8 Å². The zero-order valence-electron chi connectivity index (χ0n) is 15.8. The molecular weight excluding hydrogens is 393 g/mol. The van der Waals surface area contributed by atoms with Gasteiger partial charge in [0.25, 0.3) is 5.56 Å². The lowest BCUT2D eigenvalue weighted by atomic mass is 9.96. The third kappa shape index (κ3) is 3.91. The molecule has 0 bridgehead atoms. The highest BCUT2D eigenvalue weighted by Gasteiger charge is 2.37. The summed E-state index contributed by atoms with van der Waals surface area (Å²) >= 11 is 0.996. The Labute approximate surface area is 164 Å². The van der Waals surface area contributed by atoms with Crippen LogP contribution in [-0.2, 0) is 18.0 Å². The number of H-pyrrole nitrogens is 1. The van der Waals surface area contributed by atoms with Gasteiger partial charge in [0.2, 0.25) is 5.78 Å². The average Bonchev–Trinajstić information content (AvgIpc) is 3.41. The van der Waals surface area contributed by atoms with Crippen LogP contribution >= 0.6 is 11.8 Å². The monoisotopic (exact) mass is 414 g/mol. The van der Waals surface area contributed by atoms with Crippen LogP contribution in [0.1, 0.15) is 51.5 Å². The van der Waals surface area contributed by atoms with E-state index < -0.39 is 23.1 Å². The Bertz CT molecular complexity index is 959. The van der Waals surface area contributed by atoms with E-state index >= 15 is 0 Å². The smallest absolute Gasteiger partial charge is 0.384 e. The summed E-state index contributed by atoms with van der Waals surface area (Å²) in [5, 5.41) is 2.92. The molecule has 1 aliphatic rings. The van der Waals surface area contributed by atoms with E-state index in [1.54, 1.807) is 0 Å². The van der Waals surface area contributed by atoms with Gasteiger partial charge in [0, 0.05) is 36.3 Å². The Morgan fingerprint density at radius 1 is 1.36 bits per heavy atom. The van der Waals surface area contributed by atoms with E-state index in [9.17, 15) is 22.8 Å². The number of benzene rings is 1. The molecule has 28 heavy (non-hydrogen) atoms. The van der Waals surface area contributed by atoms with Crippen LogP contribution < -0.4 is 5.56 Å². The standard InChI is InChI=1S/C19H21F3N2O3S/c1-10-12(6-7-13(19(20,21)22)17(10)28-9-8-27-3)16(25)14-15(11-4-5-11)23-24(2)18(14)26/h6-7,11,23H,4-5,8-9H2,1-3H3. The molecule has 0 amide bonds. The Hall–Kier alpha value is -2.00. The van der Waals surface area contributed by atoms with E-state index in [1.807, 2.05) is 0 Å². The van der Waals surface area contributed by atoms with E-state index in [-0.39, 0.29) is 34.1 Å². The molecule has 0 spiro atoms. The lowest BCUT2D eigenvalue weighted by molar-refractivity contribution is -0.139. The summed E-state index contributed by atoms with van der Waals surface area (Å²) in [7, 11) is 3.00. The molecule has 9 heteroatoms. The van der Waals surface area contributed by atoms with Gasteiger partial charge in [-0.25, -0.2) is 0 Å². The zero-order valence-corrected chi connectivity index (χ0v) is 16.6. The minimum absolute atomic E-state index is 0.00395. The molecule has 1 N–H and O–H groups in total. The minimum Gasteiger partial charge on any atom is -0.384 e. The van der Waals surface area contributed by atoms with Crippen molar-refractivity contribution in [2.45, 2.75) is 36.8 Å². The number of hydrogen-bond donors (Lipinski definition) is 1. The number of halogens is 3. The largest absolute Gasteiger partial charge is 0.417 e. The van der Waals surface area contributed by atoms with Gasteiger partial charge < -0.3 is 4.74 Å². The number of alkyl halides is 3. The van der Waals surface area contributed by atoms with Crippen molar-refractivity contribution in [2.24, 2.45) is 7.05 Å². The second-order valence-electron chi connectivity index (χ2n) is 6.82. The lowest BCUT2D eigenvalue weighted by Crippen LogP contribution is -2.21. The van der Waals surface area contributed by atoms with Gasteiger partial charge >= 0.3 is 6.18 Å². The molecule has 0 unspecified atom stereocenters. The molecule has 1 saturated carbocycles. The van der Waals surface area contributed by atoms with Crippen molar-refractivity contribution < 1.29 is 22.7 Å². The first-order valence-electron chi connectivity index (χ1n) is 8.83. The molecule has 3 rings (SSSR count). The van der Waals surface area contributed by atoms with Crippen molar-refractivity contribution in [3.63, 3.8) is 0 Å². The first-order chi connectivity index (χ1) is 13.2. The third-order valence-corrected chi connectivity index (χ3v) is 5.96. The van der Waals surface area contributed by atoms with Gasteiger partial charge in [-0.05, 0) is 31.4 Å². The first-order valence-corrected chi connectivity index (χ1v) is 9.81. The van der Waals surface area contributed by atoms with Gasteiger partial charge in [-0.1, -0.05) is 6.07 Å². The maximum absolute atomic E-state index is 13.5. The van der Waals surface area contributed by atoms with E-state index in [2.05, 4.69) is 5.10 Å². The van der Waals surface area contributed by atoms with E-state index in [0.29, 0.717) is 11.4 Å². The molecule has 1 heterocycles. The predicted octanol–water partition coefficient (Wildman–Crippen LogP) is 3.89. The summed E-state index contributed by atoms with van der Waals surface area (Å²) in [5.41, 5.74) is -0.296. The highest BCUT2D eigenvalue weighted by molar-refractivity contribution is 7.99. The number of rotatable bonds is 7. The Morgan fingerprint density at radius 2 is 2.04 bits per heavy atom. The van der Waals surface area contributed by atoms with Crippen molar-refractivity contribution in [3.8, 4) is 0 Å². The number of aryl methyl sites for hydroxylation is 1. The number of ether oxygens (including phenoxy) is 1. The van der Waals surface area contributed by atoms with Crippen molar-refractivity contribution in [2.75, 3.05) is 19.5 Å². The molecule has 1 aliphatic carbocycles. The molecule has 0 aliphatic heterocycles. The van der Waals surface area contributed by atoms with Crippen LogP contribution in [0.4, 0.5) is 13.2 Å². The Balaban J connectivity index is 2.09. The normalized spacial score (nSPS) is 14.5. The fraction of sp³-hybridized carbons (Fsp3) is 0.474. The number of nitrogens with one attached hydrogen (secondary N) is 1.